The zero-order valence-corrected chi connectivity index (χ0v) is 13.9. The highest BCUT2D eigenvalue weighted by Crippen LogP contribution is 2.29. The molecule has 4 nitrogen and oxygen atoms in total. The maximum atomic E-state index is 12.0. The van der Waals surface area contributed by atoms with Gasteiger partial charge in [-0.3, -0.25) is 9.79 Å². The third-order valence-corrected chi connectivity index (χ3v) is 5.63. The molecule has 0 radical (unpaired) electrons. The summed E-state index contributed by atoms with van der Waals surface area (Å²) in [6.45, 7) is 3.69. The van der Waals surface area contributed by atoms with Gasteiger partial charge in [0.05, 0.1) is 12.4 Å². The Kier molecular flexibility index (Phi) is 5.74. The molecule has 1 aliphatic heterocycles. The number of rotatable bonds is 7. The molecule has 0 unspecified atom stereocenters. The first-order valence-corrected chi connectivity index (χ1v) is 9.36. The minimum Gasteiger partial charge on any atom is -0.357 e. The van der Waals surface area contributed by atoms with E-state index in [1.807, 2.05) is 0 Å². The van der Waals surface area contributed by atoms with E-state index in [0.717, 1.165) is 44.9 Å². The summed E-state index contributed by atoms with van der Waals surface area (Å²) in [7, 11) is 0. The summed E-state index contributed by atoms with van der Waals surface area (Å²) in [6, 6.07) is 0. The van der Waals surface area contributed by atoms with Crippen molar-refractivity contribution in [2.45, 2.75) is 64.2 Å². The lowest BCUT2D eigenvalue weighted by atomic mass is 10.0. The first-order chi connectivity index (χ1) is 10.8. The number of amides is 1. The molecule has 3 rings (SSSR count). The highest BCUT2D eigenvalue weighted by atomic mass is 16.1. The highest BCUT2D eigenvalue weighted by molar-refractivity contribution is 5.84. The molecule has 1 N–H and O–H groups in total. The van der Waals surface area contributed by atoms with Crippen LogP contribution in [0.4, 0.5) is 0 Å². The predicted molar refractivity (Wildman–Crippen MR) is 90.0 cm³/mol. The normalized spacial score (nSPS) is 23.3. The van der Waals surface area contributed by atoms with E-state index >= 15 is 0 Å². The average molecular weight is 305 g/mol. The SMILES string of the molecule is O=C(CC1CCCC1)NCCN1CCN=C1CC1CCCC1. The Morgan fingerprint density at radius 3 is 2.50 bits per heavy atom. The fraction of sp³-hybridized carbons (Fsp3) is 0.889. The van der Waals surface area contributed by atoms with Crippen molar-refractivity contribution in [3.8, 4) is 0 Å². The highest BCUT2D eigenvalue weighted by Gasteiger charge is 2.23. The first-order valence-electron chi connectivity index (χ1n) is 9.36. The fourth-order valence-corrected chi connectivity index (χ4v) is 4.32. The molecular weight excluding hydrogens is 274 g/mol. The third-order valence-electron chi connectivity index (χ3n) is 5.63. The summed E-state index contributed by atoms with van der Waals surface area (Å²) >= 11 is 0. The van der Waals surface area contributed by atoms with Gasteiger partial charge in [-0.1, -0.05) is 38.5 Å². The van der Waals surface area contributed by atoms with Crippen LogP contribution in [0.5, 0.6) is 0 Å². The van der Waals surface area contributed by atoms with Crippen molar-refractivity contribution in [3.05, 3.63) is 0 Å². The summed E-state index contributed by atoms with van der Waals surface area (Å²) < 4.78 is 0. The molecule has 2 aliphatic carbocycles. The summed E-state index contributed by atoms with van der Waals surface area (Å²) in [5, 5.41) is 3.12. The summed E-state index contributed by atoms with van der Waals surface area (Å²) in [4.78, 5) is 19.1. The summed E-state index contributed by atoms with van der Waals surface area (Å²) in [6.07, 6.45) is 12.6. The van der Waals surface area contributed by atoms with Crippen molar-refractivity contribution in [2.24, 2.45) is 16.8 Å². The van der Waals surface area contributed by atoms with Crippen LogP contribution in [0.1, 0.15) is 64.2 Å². The van der Waals surface area contributed by atoms with Crippen LogP contribution in [0, 0.1) is 11.8 Å². The van der Waals surface area contributed by atoms with E-state index in [4.69, 9.17) is 4.99 Å². The molecule has 3 aliphatic rings. The largest absolute Gasteiger partial charge is 0.357 e. The predicted octanol–water partition coefficient (Wildman–Crippen LogP) is 2.98. The average Bonchev–Trinajstić information content (AvgIpc) is 3.23. The molecule has 4 heteroatoms. The second kappa shape index (κ2) is 7.98. The van der Waals surface area contributed by atoms with Crippen molar-refractivity contribution in [1.82, 2.24) is 10.2 Å². The van der Waals surface area contributed by atoms with E-state index in [1.165, 1.54) is 57.2 Å². The number of amidine groups is 1. The van der Waals surface area contributed by atoms with Crippen molar-refractivity contribution >= 4 is 11.7 Å². The summed E-state index contributed by atoms with van der Waals surface area (Å²) in [5.41, 5.74) is 0. The molecule has 22 heavy (non-hydrogen) atoms. The van der Waals surface area contributed by atoms with Gasteiger partial charge >= 0.3 is 0 Å². The van der Waals surface area contributed by atoms with Crippen LogP contribution < -0.4 is 5.32 Å². The Bertz CT molecular complexity index is 395. The van der Waals surface area contributed by atoms with Gasteiger partial charge < -0.3 is 10.2 Å². The van der Waals surface area contributed by atoms with Crippen molar-refractivity contribution in [1.29, 1.82) is 0 Å². The molecule has 0 aromatic rings. The molecule has 1 amide bonds. The minimum absolute atomic E-state index is 0.250. The molecule has 0 saturated heterocycles. The fourth-order valence-electron chi connectivity index (χ4n) is 4.32. The molecule has 2 saturated carbocycles. The maximum Gasteiger partial charge on any atom is 0.220 e. The number of hydrogen-bond donors (Lipinski definition) is 1. The lowest BCUT2D eigenvalue weighted by Gasteiger charge is -2.22. The Labute approximate surface area is 134 Å². The molecule has 0 aromatic heterocycles. The lowest BCUT2D eigenvalue weighted by Crippen LogP contribution is -2.37. The zero-order chi connectivity index (χ0) is 15.2. The van der Waals surface area contributed by atoms with Crippen molar-refractivity contribution in [3.63, 3.8) is 0 Å². The minimum atomic E-state index is 0.250. The van der Waals surface area contributed by atoms with Crippen LogP contribution in [0.25, 0.3) is 0 Å². The summed E-state index contributed by atoms with van der Waals surface area (Å²) in [5.74, 6) is 3.06. The quantitative estimate of drug-likeness (QED) is 0.786. The zero-order valence-electron chi connectivity index (χ0n) is 13.9. The van der Waals surface area contributed by atoms with Crippen LogP contribution in [-0.2, 0) is 4.79 Å². The number of carbonyl (C=O) groups excluding carboxylic acids is 1. The Balaban J connectivity index is 1.33. The molecule has 0 spiro atoms. The van der Waals surface area contributed by atoms with Crippen molar-refractivity contribution in [2.75, 3.05) is 26.2 Å². The molecule has 0 bridgehead atoms. The molecule has 2 fully saturated rings. The molecule has 124 valence electrons. The van der Waals surface area contributed by atoms with Gasteiger partial charge in [0.15, 0.2) is 0 Å². The van der Waals surface area contributed by atoms with Crippen LogP contribution in [-0.4, -0.2) is 42.8 Å². The third kappa shape index (κ3) is 4.47. The van der Waals surface area contributed by atoms with E-state index in [-0.39, 0.29) is 5.91 Å². The second-order valence-electron chi connectivity index (χ2n) is 7.34. The van der Waals surface area contributed by atoms with E-state index in [0.29, 0.717) is 5.92 Å². The van der Waals surface area contributed by atoms with E-state index in [9.17, 15) is 4.79 Å². The number of carbonyl (C=O) groups is 1. The van der Waals surface area contributed by atoms with Crippen LogP contribution in [0.2, 0.25) is 0 Å². The van der Waals surface area contributed by atoms with Crippen LogP contribution in [0.3, 0.4) is 0 Å². The number of hydrogen-bond acceptors (Lipinski definition) is 3. The van der Waals surface area contributed by atoms with Gasteiger partial charge in [-0.25, -0.2) is 0 Å². The molecular formula is C18H31N3O. The van der Waals surface area contributed by atoms with Crippen molar-refractivity contribution < 1.29 is 4.79 Å². The lowest BCUT2D eigenvalue weighted by molar-refractivity contribution is -0.122. The molecule has 0 atom stereocenters. The van der Waals surface area contributed by atoms with Gasteiger partial charge in [-0.2, -0.15) is 0 Å². The standard InChI is InChI=1S/C18H31N3O/c22-18(14-16-7-3-4-8-16)20-10-12-21-11-9-19-17(21)13-15-5-1-2-6-15/h15-16H,1-14H2,(H,20,22). The smallest absolute Gasteiger partial charge is 0.220 e. The number of aliphatic imine (C=N–C) groups is 1. The Hall–Kier alpha value is -1.06. The van der Waals surface area contributed by atoms with Gasteiger partial charge in [0.25, 0.3) is 0 Å². The molecule has 1 heterocycles. The van der Waals surface area contributed by atoms with Gasteiger partial charge in [0.1, 0.15) is 0 Å². The van der Waals surface area contributed by atoms with Gasteiger partial charge in [-0.15, -0.1) is 0 Å². The van der Waals surface area contributed by atoms with E-state index < -0.39 is 0 Å². The topological polar surface area (TPSA) is 44.7 Å². The molecule has 0 aromatic carbocycles. The maximum absolute atomic E-state index is 12.0. The monoisotopic (exact) mass is 305 g/mol. The van der Waals surface area contributed by atoms with Gasteiger partial charge in [0, 0.05) is 32.5 Å². The number of nitrogens with one attached hydrogen (secondary N) is 1. The first kappa shape index (κ1) is 15.8. The van der Waals surface area contributed by atoms with Gasteiger partial charge in [0.2, 0.25) is 5.91 Å². The van der Waals surface area contributed by atoms with Gasteiger partial charge in [-0.05, 0) is 24.7 Å². The Morgan fingerprint density at radius 2 is 1.77 bits per heavy atom. The Morgan fingerprint density at radius 1 is 1.09 bits per heavy atom. The van der Waals surface area contributed by atoms with Crippen LogP contribution >= 0.6 is 0 Å². The number of nitrogens with zero attached hydrogens (tertiary/aromatic N) is 2. The van der Waals surface area contributed by atoms with E-state index in [1.54, 1.807) is 0 Å². The second-order valence-corrected chi connectivity index (χ2v) is 7.34. The van der Waals surface area contributed by atoms with Crippen LogP contribution in [0.15, 0.2) is 4.99 Å². The van der Waals surface area contributed by atoms with E-state index in [2.05, 4.69) is 10.2 Å².